The molecule has 0 radical (unpaired) electrons. The second kappa shape index (κ2) is 10.8. The first-order chi connectivity index (χ1) is 16.2. The highest BCUT2D eigenvalue weighted by Gasteiger charge is 2.17. The van der Waals surface area contributed by atoms with E-state index in [1.165, 1.54) is 45.5 Å². The van der Waals surface area contributed by atoms with Crippen LogP contribution in [0.3, 0.4) is 0 Å². The van der Waals surface area contributed by atoms with Crippen LogP contribution in [0.5, 0.6) is 11.5 Å². The fraction of sp³-hybridized carbons (Fsp3) is 0.167. The summed E-state index contributed by atoms with van der Waals surface area (Å²) in [5.74, 6) is 0.168. The van der Waals surface area contributed by atoms with Crippen molar-refractivity contribution in [1.29, 1.82) is 0 Å². The van der Waals surface area contributed by atoms with Gasteiger partial charge in [0.1, 0.15) is 0 Å². The van der Waals surface area contributed by atoms with Gasteiger partial charge in [0, 0.05) is 31.0 Å². The number of nitrogens with one attached hydrogen (secondary N) is 2. The lowest BCUT2D eigenvalue weighted by Gasteiger charge is -2.12. The molecule has 0 atom stereocenters. The summed E-state index contributed by atoms with van der Waals surface area (Å²) in [5.41, 5.74) is 1.22. The molecule has 0 aromatic heterocycles. The van der Waals surface area contributed by atoms with Crippen molar-refractivity contribution in [3.63, 3.8) is 0 Å². The van der Waals surface area contributed by atoms with Crippen LogP contribution in [0.2, 0.25) is 0 Å². The Bertz CT molecular complexity index is 1270. The number of carbonyl (C=O) groups excluding carboxylic acids is 2. The summed E-state index contributed by atoms with van der Waals surface area (Å²) >= 11 is 0. The van der Waals surface area contributed by atoms with Gasteiger partial charge in [0.2, 0.25) is 10.0 Å². The Morgan fingerprint density at radius 1 is 0.853 bits per heavy atom. The third-order valence-corrected chi connectivity index (χ3v) is 6.56. The van der Waals surface area contributed by atoms with Crippen LogP contribution in [0.15, 0.2) is 77.7 Å². The molecule has 2 N–H and O–H groups in total. The van der Waals surface area contributed by atoms with Crippen molar-refractivity contribution >= 4 is 33.2 Å². The summed E-state index contributed by atoms with van der Waals surface area (Å²) in [4.78, 5) is 24.9. The van der Waals surface area contributed by atoms with E-state index in [4.69, 9.17) is 9.47 Å². The first-order valence-electron chi connectivity index (χ1n) is 10.2. The van der Waals surface area contributed by atoms with Gasteiger partial charge in [0.25, 0.3) is 11.8 Å². The molecule has 0 saturated carbocycles. The largest absolute Gasteiger partial charge is 0.493 e. The maximum atomic E-state index is 12.6. The van der Waals surface area contributed by atoms with Crippen molar-refractivity contribution in [2.45, 2.75) is 4.90 Å². The van der Waals surface area contributed by atoms with Crippen molar-refractivity contribution in [2.24, 2.45) is 0 Å². The Morgan fingerprint density at radius 2 is 1.47 bits per heavy atom. The predicted molar refractivity (Wildman–Crippen MR) is 129 cm³/mol. The zero-order chi connectivity index (χ0) is 24.7. The Hall–Kier alpha value is -3.89. The van der Waals surface area contributed by atoms with E-state index in [9.17, 15) is 18.0 Å². The van der Waals surface area contributed by atoms with Crippen LogP contribution in [-0.2, 0) is 14.8 Å². The van der Waals surface area contributed by atoms with Gasteiger partial charge in [-0.25, -0.2) is 12.7 Å². The zero-order valence-corrected chi connectivity index (χ0v) is 19.8. The standard InChI is InChI=1S/C24H25N3O6S/c1-27(2)34(30,31)20-13-11-17(12-14-20)24(29)26-19-8-6-7-18(15-19)25-23(28)16-33-22-10-5-4-9-21(22)32-3/h4-15H,16H2,1-3H3,(H,25,28)(H,26,29). The van der Waals surface area contributed by atoms with E-state index >= 15 is 0 Å². The van der Waals surface area contributed by atoms with Crippen LogP contribution in [0.25, 0.3) is 0 Å². The fourth-order valence-electron chi connectivity index (χ4n) is 2.95. The number of amides is 2. The highest BCUT2D eigenvalue weighted by Crippen LogP contribution is 2.25. The number of hydrogen-bond donors (Lipinski definition) is 2. The van der Waals surface area contributed by atoms with E-state index in [1.807, 2.05) is 0 Å². The lowest BCUT2D eigenvalue weighted by Crippen LogP contribution is -2.22. The van der Waals surface area contributed by atoms with Gasteiger partial charge in [0.05, 0.1) is 12.0 Å². The topological polar surface area (TPSA) is 114 Å². The molecule has 0 heterocycles. The maximum absolute atomic E-state index is 12.6. The van der Waals surface area contributed by atoms with Crippen LogP contribution < -0.4 is 20.1 Å². The van der Waals surface area contributed by atoms with E-state index in [2.05, 4.69) is 10.6 Å². The lowest BCUT2D eigenvalue weighted by atomic mass is 10.2. The SMILES string of the molecule is COc1ccccc1OCC(=O)Nc1cccc(NC(=O)c2ccc(S(=O)(=O)N(C)C)cc2)c1. The first kappa shape index (κ1) is 24.7. The average Bonchev–Trinajstić information content (AvgIpc) is 2.83. The number of para-hydroxylation sites is 2. The highest BCUT2D eigenvalue weighted by atomic mass is 32.2. The Morgan fingerprint density at radius 3 is 2.09 bits per heavy atom. The minimum atomic E-state index is -3.58. The second-order valence-corrected chi connectivity index (χ2v) is 9.49. The fourth-order valence-corrected chi connectivity index (χ4v) is 3.85. The Kier molecular flexibility index (Phi) is 7.87. The van der Waals surface area contributed by atoms with E-state index in [0.717, 1.165) is 4.31 Å². The van der Waals surface area contributed by atoms with Crippen molar-refractivity contribution in [3.8, 4) is 11.5 Å². The molecular formula is C24H25N3O6S. The number of ether oxygens (including phenoxy) is 2. The molecule has 178 valence electrons. The third-order valence-electron chi connectivity index (χ3n) is 4.73. The molecule has 34 heavy (non-hydrogen) atoms. The number of anilines is 2. The molecule has 3 aromatic rings. The predicted octanol–water partition coefficient (Wildman–Crippen LogP) is 3.22. The minimum absolute atomic E-state index is 0.0918. The normalized spacial score (nSPS) is 11.1. The monoisotopic (exact) mass is 483 g/mol. The van der Waals surface area contributed by atoms with Crippen LogP contribution in [0.1, 0.15) is 10.4 Å². The molecule has 0 fully saturated rings. The summed E-state index contributed by atoms with van der Waals surface area (Å²) < 4.78 is 36.1. The van der Waals surface area contributed by atoms with Gasteiger partial charge < -0.3 is 20.1 Å². The molecule has 2 amide bonds. The number of hydrogen-bond acceptors (Lipinski definition) is 6. The highest BCUT2D eigenvalue weighted by molar-refractivity contribution is 7.89. The number of benzene rings is 3. The number of rotatable bonds is 9. The molecule has 0 spiro atoms. The minimum Gasteiger partial charge on any atom is -0.493 e. The number of sulfonamides is 1. The van der Waals surface area contributed by atoms with Gasteiger partial charge in [-0.3, -0.25) is 9.59 Å². The number of methoxy groups -OCH3 is 1. The van der Waals surface area contributed by atoms with Crippen molar-refractivity contribution in [1.82, 2.24) is 4.31 Å². The lowest BCUT2D eigenvalue weighted by molar-refractivity contribution is -0.118. The Balaban J connectivity index is 1.60. The Labute approximate surface area is 198 Å². The molecule has 9 nitrogen and oxygen atoms in total. The number of nitrogens with zero attached hydrogens (tertiary/aromatic N) is 1. The smallest absolute Gasteiger partial charge is 0.262 e. The molecule has 10 heteroatoms. The summed E-state index contributed by atoms with van der Waals surface area (Å²) in [6.07, 6.45) is 0. The molecule has 0 saturated heterocycles. The summed E-state index contributed by atoms with van der Waals surface area (Å²) in [6, 6.07) is 19.3. The summed E-state index contributed by atoms with van der Waals surface area (Å²) in [7, 11) is 0.812. The quantitative estimate of drug-likeness (QED) is 0.483. The molecule has 0 bridgehead atoms. The van der Waals surface area contributed by atoms with Crippen molar-refractivity contribution < 1.29 is 27.5 Å². The van der Waals surface area contributed by atoms with Crippen molar-refractivity contribution in [3.05, 3.63) is 78.4 Å². The molecule has 3 aromatic carbocycles. The van der Waals surface area contributed by atoms with Gasteiger partial charge >= 0.3 is 0 Å². The van der Waals surface area contributed by atoms with Gasteiger partial charge in [-0.2, -0.15) is 0 Å². The van der Waals surface area contributed by atoms with E-state index in [0.29, 0.717) is 22.9 Å². The zero-order valence-electron chi connectivity index (χ0n) is 18.9. The van der Waals surface area contributed by atoms with Gasteiger partial charge in [-0.05, 0) is 54.6 Å². The van der Waals surface area contributed by atoms with E-state index < -0.39 is 15.9 Å². The average molecular weight is 484 g/mol. The van der Waals surface area contributed by atoms with E-state index in [-0.39, 0.29) is 23.0 Å². The van der Waals surface area contributed by atoms with Gasteiger partial charge in [-0.1, -0.05) is 18.2 Å². The van der Waals surface area contributed by atoms with Crippen molar-refractivity contribution in [2.75, 3.05) is 38.4 Å². The van der Waals surface area contributed by atoms with E-state index in [1.54, 1.807) is 48.5 Å². The van der Waals surface area contributed by atoms with Crippen LogP contribution in [-0.4, -0.2) is 52.3 Å². The molecule has 0 aliphatic carbocycles. The molecule has 0 aliphatic heterocycles. The van der Waals surface area contributed by atoms with Crippen LogP contribution in [0, 0.1) is 0 Å². The summed E-state index contributed by atoms with van der Waals surface area (Å²) in [5, 5.41) is 5.44. The molecule has 3 rings (SSSR count). The summed E-state index contributed by atoms with van der Waals surface area (Å²) in [6.45, 7) is -0.223. The van der Waals surface area contributed by atoms with Crippen LogP contribution >= 0.6 is 0 Å². The van der Waals surface area contributed by atoms with Gasteiger partial charge in [0.15, 0.2) is 18.1 Å². The molecule has 0 aliphatic rings. The second-order valence-electron chi connectivity index (χ2n) is 7.33. The van der Waals surface area contributed by atoms with Gasteiger partial charge in [-0.15, -0.1) is 0 Å². The molecular weight excluding hydrogens is 458 g/mol. The first-order valence-corrected chi connectivity index (χ1v) is 11.6. The third kappa shape index (κ3) is 6.12. The van der Waals surface area contributed by atoms with Crippen LogP contribution in [0.4, 0.5) is 11.4 Å². The number of carbonyl (C=O) groups is 2. The molecule has 0 unspecified atom stereocenters. The maximum Gasteiger partial charge on any atom is 0.262 e.